The van der Waals surface area contributed by atoms with Crippen LogP contribution in [0.15, 0.2) is 0 Å². The summed E-state index contributed by atoms with van der Waals surface area (Å²) < 4.78 is 21.2. The van der Waals surface area contributed by atoms with Gasteiger partial charge in [0.25, 0.3) is 0 Å². The second-order valence-corrected chi connectivity index (χ2v) is 6.48. The van der Waals surface area contributed by atoms with Gasteiger partial charge in [-0.25, -0.2) is 0 Å². The standard InChI is InChI=1S/C17H33NO6S/c1-15(2)16(19)13-23-12-11-22-10-9-21-8-6-18-17(20)5-4-7-24-14-25-3/h15H,4-14H2,1-3H3,(H,18,20). The van der Waals surface area contributed by atoms with Crippen LogP contribution in [-0.4, -0.2) is 76.7 Å². The minimum absolute atomic E-state index is 0.00306. The van der Waals surface area contributed by atoms with Crippen molar-refractivity contribution >= 4 is 23.5 Å². The summed E-state index contributed by atoms with van der Waals surface area (Å²) in [5.41, 5.74) is 0. The number of ketones is 1. The molecule has 0 aliphatic heterocycles. The number of carbonyl (C=O) groups is 2. The third kappa shape index (κ3) is 17.9. The minimum atomic E-state index is 0.00306. The van der Waals surface area contributed by atoms with Crippen molar-refractivity contribution in [3.8, 4) is 0 Å². The zero-order valence-corrected chi connectivity index (χ0v) is 16.5. The van der Waals surface area contributed by atoms with Gasteiger partial charge in [-0.15, -0.1) is 11.8 Å². The van der Waals surface area contributed by atoms with E-state index >= 15 is 0 Å². The predicted octanol–water partition coefficient (Wildman–Crippen LogP) is 1.49. The molecule has 0 rings (SSSR count). The van der Waals surface area contributed by atoms with Crippen LogP contribution in [0.2, 0.25) is 0 Å². The van der Waals surface area contributed by atoms with Gasteiger partial charge in [-0.05, 0) is 12.7 Å². The maximum Gasteiger partial charge on any atom is 0.220 e. The van der Waals surface area contributed by atoms with Gasteiger partial charge in [0.2, 0.25) is 5.91 Å². The molecule has 0 aromatic carbocycles. The summed E-state index contributed by atoms with van der Waals surface area (Å²) in [5.74, 6) is 0.779. The van der Waals surface area contributed by atoms with Crippen molar-refractivity contribution in [2.45, 2.75) is 26.7 Å². The molecule has 1 amide bonds. The van der Waals surface area contributed by atoms with Gasteiger partial charge in [-0.3, -0.25) is 9.59 Å². The summed E-state index contributed by atoms with van der Waals surface area (Å²) in [5, 5.41) is 2.79. The van der Waals surface area contributed by atoms with Crippen molar-refractivity contribution in [2.75, 3.05) is 65.0 Å². The molecular weight excluding hydrogens is 346 g/mol. The van der Waals surface area contributed by atoms with E-state index in [-0.39, 0.29) is 24.2 Å². The summed E-state index contributed by atoms with van der Waals surface area (Å²) in [6.45, 7) is 7.15. The molecule has 0 aliphatic carbocycles. The molecule has 0 saturated carbocycles. The number of rotatable bonds is 18. The van der Waals surface area contributed by atoms with Crippen LogP contribution in [0.4, 0.5) is 0 Å². The van der Waals surface area contributed by atoms with Crippen LogP contribution in [0.3, 0.4) is 0 Å². The second kappa shape index (κ2) is 18.1. The normalized spacial score (nSPS) is 11.0. The van der Waals surface area contributed by atoms with Gasteiger partial charge in [-0.2, -0.15) is 0 Å². The second-order valence-electron chi connectivity index (χ2n) is 5.67. The van der Waals surface area contributed by atoms with Crippen LogP contribution in [-0.2, 0) is 28.5 Å². The smallest absolute Gasteiger partial charge is 0.220 e. The van der Waals surface area contributed by atoms with E-state index in [1.807, 2.05) is 20.1 Å². The number of amides is 1. The van der Waals surface area contributed by atoms with E-state index in [2.05, 4.69) is 5.32 Å². The third-order valence-electron chi connectivity index (χ3n) is 3.09. The Morgan fingerprint density at radius 1 is 0.920 bits per heavy atom. The van der Waals surface area contributed by atoms with Crippen LogP contribution < -0.4 is 5.32 Å². The highest BCUT2D eigenvalue weighted by Crippen LogP contribution is 1.96. The monoisotopic (exact) mass is 379 g/mol. The van der Waals surface area contributed by atoms with Crippen molar-refractivity contribution in [3.05, 3.63) is 0 Å². The van der Waals surface area contributed by atoms with Gasteiger partial charge < -0.3 is 24.3 Å². The zero-order valence-electron chi connectivity index (χ0n) is 15.7. The molecule has 0 aromatic rings. The summed E-state index contributed by atoms with van der Waals surface area (Å²) in [6, 6.07) is 0. The fourth-order valence-corrected chi connectivity index (χ4v) is 1.89. The molecule has 0 saturated heterocycles. The Kier molecular flexibility index (Phi) is 17.6. The number of hydrogen-bond acceptors (Lipinski definition) is 7. The van der Waals surface area contributed by atoms with Gasteiger partial charge in [0.1, 0.15) is 6.61 Å². The highest BCUT2D eigenvalue weighted by atomic mass is 32.2. The van der Waals surface area contributed by atoms with E-state index in [1.165, 1.54) is 0 Å². The van der Waals surface area contributed by atoms with E-state index in [0.717, 1.165) is 6.42 Å². The number of ether oxygens (including phenoxy) is 4. The van der Waals surface area contributed by atoms with Crippen molar-refractivity contribution in [1.29, 1.82) is 0 Å². The van der Waals surface area contributed by atoms with Gasteiger partial charge >= 0.3 is 0 Å². The molecule has 0 bridgehead atoms. The van der Waals surface area contributed by atoms with E-state index in [0.29, 0.717) is 58.5 Å². The van der Waals surface area contributed by atoms with Gasteiger partial charge in [-0.1, -0.05) is 13.8 Å². The fourth-order valence-electron chi connectivity index (χ4n) is 1.61. The third-order valence-corrected chi connectivity index (χ3v) is 3.50. The van der Waals surface area contributed by atoms with Gasteiger partial charge in [0.15, 0.2) is 5.78 Å². The molecule has 0 heterocycles. The number of nitrogens with one attached hydrogen (secondary N) is 1. The minimum Gasteiger partial charge on any atom is -0.377 e. The molecule has 148 valence electrons. The molecule has 0 fully saturated rings. The van der Waals surface area contributed by atoms with Crippen molar-refractivity contribution in [1.82, 2.24) is 5.32 Å². The summed E-state index contributed by atoms with van der Waals surface area (Å²) in [4.78, 5) is 22.8. The van der Waals surface area contributed by atoms with E-state index in [4.69, 9.17) is 18.9 Å². The highest BCUT2D eigenvalue weighted by molar-refractivity contribution is 7.98. The van der Waals surface area contributed by atoms with Crippen LogP contribution in [0.1, 0.15) is 26.7 Å². The number of carbonyl (C=O) groups excluding carboxylic acids is 2. The molecule has 0 aromatic heterocycles. The number of Topliss-reactive ketones (excluding diaryl/α,β-unsaturated/α-hetero) is 1. The number of hydrogen-bond donors (Lipinski definition) is 1. The van der Waals surface area contributed by atoms with Crippen molar-refractivity contribution in [2.24, 2.45) is 5.92 Å². The molecule has 8 heteroatoms. The predicted molar refractivity (Wildman–Crippen MR) is 98.9 cm³/mol. The molecule has 7 nitrogen and oxygen atoms in total. The van der Waals surface area contributed by atoms with E-state index in [1.54, 1.807) is 11.8 Å². The largest absolute Gasteiger partial charge is 0.377 e. The lowest BCUT2D eigenvalue weighted by Crippen LogP contribution is -2.27. The maximum atomic E-state index is 11.5. The van der Waals surface area contributed by atoms with Crippen LogP contribution in [0, 0.1) is 5.92 Å². The fraction of sp³-hybridized carbons (Fsp3) is 0.882. The average Bonchev–Trinajstić information content (AvgIpc) is 2.59. The molecule has 0 aliphatic rings. The Hall–Kier alpha value is -0.670. The summed E-state index contributed by atoms with van der Waals surface area (Å²) in [7, 11) is 0. The molecule has 0 atom stereocenters. The van der Waals surface area contributed by atoms with Crippen LogP contribution in [0.5, 0.6) is 0 Å². The molecular formula is C17H33NO6S. The first-order chi connectivity index (χ1) is 12.1. The first-order valence-electron chi connectivity index (χ1n) is 8.67. The Labute approximate surface area is 155 Å². The molecule has 0 spiro atoms. The summed E-state index contributed by atoms with van der Waals surface area (Å²) >= 11 is 1.62. The van der Waals surface area contributed by atoms with Crippen LogP contribution in [0.25, 0.3) is 0 Å². The van der Waals surface area contributed by atoms with Crippen molar-refractivity contribution in [3.63, 3.8) is 0 Å². The Bertz CT molecular complexity index is 341. The topological polar surface area (TPSA) is 83.1 Å². The van der Waals surface area contributed by atoms with Gasteiger partial charge in [0.05, 0.1) is 39.0 Å². The Balaban J connectivity index is 3.20. The quantitative estimate of drug-likeness (QED) is 0.285. The van der Waals surface area contributed by atoms with E-state index in [9.17, 15) is 9.59 Å². The number of thioether (sulfide) groups is 1. The van der Waals surface area contributed by atoms with Crippen LogP contribution >= 0.6 is 11.8 Å². The van der Waals surface area contributed by atoms with E-state index < -0.39 is 0 Å². The molecule has 1 N–H and O–H groups in total. The lowest BCUT2D eigenvalue weighted by Gasteiger charge is -2.08. The SMILES string of the molecule is CSCOCCCC(=O)NCCOCCOCCOCC(=O)C(C)C. The van der Waals surface area contributed by atoms with Crippen molar-refractivity contribution < 1.29 is 28.5 Å². The first-order valence-corrected chi connectivity index (χ1v) is 10.1. The summed E-state index contributed by atoms with van der Waals surface area (Å²) in [6.07, 6.45) is 3.17. The Morgan fingerprint density at radius 3 is 2.20 bits per heavy atom. The molecule has 25 heavy (non-hydrogen) atoms. The molecule has 0 unspecified atom stereocenters. The lowest BCUT2D eigenvalue weighted by atomic mass is 10.1. The van der Waals surface area contributed by atoms with Gasteiger partial charge in [0, 0.05) is 25.5 Å². The first kappa shape index (κ1) is 24.3. The maximum absolute atomic E-state index is 11.5. The Morgan fingerprint density at radius 2 is 1.56 bits per heavy atom. The molecule has 0 radical (unpaired) electrons. The zero-order chi connectivity index (χ0) is 18.8. The lowest BCUT2D eigenvalue weighted by molar-refractivity contribution is -0.127. The highest BCUT2D eigenvalue weighted by Gasteiger charge is 2.06. The average molecular weight is 380 g/mol.